The molecule has 5 aromatic carbocycles. The van der Waals surface area contributed by atoms with E-state index in [1.165, 1.54) is 38.1 Å². The molecule has 5 nitrogen and oxygen atoms in total. The second-order valence-corrected chi connectivity index (χ2v) is 11.1. The van der Waals surface area contributed by atoms with Crippen LogP contribution in [0.4, 0.5) is 0 Å². The Hall–Kier alpha value is -5.94. The second kappa shape index (κ2) is 8.30. The summed E-state index contributed by atoms with van der Waals surface area (Å²) < 4.78 is 6.98. The Morgan fingerprint density at radius 3 is 1.91 bits per heavy atom. The summed E-state index contributed by atoms with van der Waals surface area (Å²) in [5.74, 6) is 0. The van der Waals surface area contributed by atoms with Crippen LogP contribution in [0.25, 0.3) is 82.4 Å². The van der Waals surface area contributed by atoms with E-state index in [0.29, 0.717) is 0 Å². The summed E-state index contributed by atoms with van der Waals surface area (Å²) in [5.41, 5.74) is 9.98. The fraction of sp³-hybridized carbons (Fsp3) is 0. The molecule has 0 aliphatic rings. The molecule has 200 valence electrons. The molecule has 0 bridgehead atoms. The van der Waals surface area contributed by atoms with Crippen molar-refractivity contribution in [2.45, 2.75) is 0 Å². The van der Waals surface area contributed by atoms with Crippen LogP contribution in [0.1, 0.15) is 0 Å². The molecule has 0 spiro atoms. The fourth-order valence-corrected chi connectivity index (χ4v) is 7.26. The molecule has 0 atom stereocenters. The highest BCUT2D eigenvalue weighted by Gasteiger charge is 2.23. The van der Waals surface area contributed by atoms with E-state index in [2.05, 4.69) is 129 Å². The average Bonchev–Trinajstić information content (AvgIpc) is 3.78. The number of para-hydroxylation sites is 3. The van der Waals surface area contributed by atoms with Gasteiger partial charge in [0.25, 0.3) is 0 Å². The first-order valence-electron chi connectivity index (χ1n) is 14.5. The lowest BCUT2D eigenvalue weighted by Gasteiger charge is -2.11. The highest BCUT2D eigenvalue weighted by Crippen LogP contribution is 2.45. The molecule has 5 aromatic heterocycles. The first-order valence-corrected chi connectivity index (χ1v) is 14.5. The van der Waals surface area contributed by atoms with Crippen molar-refractivity contribution < 1.29 is 0 Å². The molecule has 0 aliphatic heterocycles. The predicted molar refractivity (Wildman–Crippen MR) is 177 cm³/mol. The van der Waals surface area contributed by atoms with Crippen molar-refractivity contribution >= 4 is 71.1 Å². The molecular weight excluding hydrogens is 526 g/mol. The second-order valence-electron chi connectivity index (χ2n) is 11.1. The van der Waals surface area contributed by atoms with Gasteiger partial charge in [0.2, 0.25) is 0 Å². The van der Waals surface area contributed by atoms with Gasteiger partial charge in [0, 0.05) is 62.3 Å². The molecule has 5 heterocycles. The maximum atomic E-state index is 4.97. The van der Waals surface area contributed by atoms with E-state index in [-0.39, 0.29) is 0 Å². The summed E-state index contributed by atoms with van der Waals surface area (Å²) in [5, 5.41) is 7.11. The maximum absolute atomic E-state index is 4.97. The quantitative estimate of drug-likeness (QED) is 0.202. The average molecular weight is 550 g/mol. The smallest absolute Gasteiger partial charge is 0.145 e. The van der Waals surface area contributed by atoms with Crippen LogP contribution in [0.2, 0.25) is 0 Å². The number of rotatable bonds is 2. The molecule has 10 aromatic rings. The Morgan fingerprint density at radius 2 is 1.09 bits per heavy atom. The number of pyridine rings is 2. The van der Waals surface area contributed by atoms with Crippen LogP contribution >= 0.6 is 0 Å². The van der Waals surface area contributed by atoms with Gasteiger partial charge in [-0.25, -0.2) is 4.98 Å². The van der Waals surface area contributed by atoms with Crippen LogP contribution < -0.4 is 0 Å². The van der Waals surface area contributed by atoms with E-state index < -0.39 is 0 Å². The van der Waals surface area contributed by atoms with Gasteiger partial charge < -0.3 is 9.13 Å². The zero-order valence-electron chi connectivity index (χ0n) is 23.0. The minimum absolute atomic E-state index is 0.944. The van der Waals surface area contributed by atoms with Crippen LogP contribution in [-0.2, 0) is 0 Å². The van der Waals surface area contributed by atoms with Crippen LogP contribution in [0.5, 0.6) is 0 Å². The van der Waals surface area contributed by atoms with Gasteiger partial charge in [0.15, 0.2) is 0 Å². The minimum atomic E-state index is 0.944. The molecular formula is C38H23N5. The Balaban J connectivity index is 1.52. The van der Waals surface area contributed by atoms with Crippen LogP contribution in [0, 0.1) is 0 Å². The summed E-state index contributed by atoms with van der Waals surface area (Å²) in [6.07, 6.45) is 5.80. The van der Waals surface area contributed by atoms with Crippen molar-refractivity contribution in [3.05, 3.63) is 140 Å². The Labute approximate surface area is 245 Å². The van der Waals surface area contributed by atoms with E-state index in [1.807, 2.05) is 24.7 Å². The van der Waals surface area contributed by atoms with Crippen molar-refractivity contribution in [3.8, 4) is 11.4 Å². The third-order valence-electron chi connectivity index (χ3n) is 8.92. The Morgan fingerprint density at radius 1 is 0.419 bits per heavy atom. The van der Waals surface area contributed by atoms with Crippen molar-refractivity contribution in [3.63, 3.8) is 0 Å². The van der Waals surface area contributed by atoms with Crippen molar-refractivity contribution in [1.29, 1.82) is 0 Å². The summed E-state index contributed by atoms with van der Waals surface area (Å²) >= 11 is 0. The standard InChI is InChI=1S/C38H23N5/c1-3-10-24(11-4-1)42-29-15-8-7-14-26(29)34-31(42)19-17-27-33-30(43(37(27)34)25-12-5-2-6-13-25)20-18-28-35(33)36-32(16-9-21-39-36)41-23-22-40-38(28)41/h1-23H. The molecule has 0 fully saturated rings. The first-order chi connectivity index (χ1) is 21.4. The molecule has 43 heavy (non-hydrogen) atoms. The summed E-state index contributed by atoms with van der Waals surface area (Å²) in [6.45, 7) is 0. The first kappa shape index (κ1) is 22.7. The van der Waals surface area contributed by atoms with Gasteiger partial charge in [0.1, 0.15) is 5.65 Å². The zero-order valence-corrected chi connectivity index (χ0v) is 23.0. The van der Waals surface area contributed by atoms with Gasteiger partial charge in [-0.2, -0.15) is 0 Å². The highest BCUT2D eigenvalue weighted by molar-refractivity contribution is 6.33. The molecule has 0 amide bonds. The molecule has 0 saturated heterocycles. The number of aromatic nitrogens is 5. The Kier molecular flexibility index (Phi) is 4.39. The molecule has 5 heteroatoms. The lowest BCUT2D eigenvalue weighted by molar-refractivity contribution is 1.17. The third-order valence-corrected chi connectivity index (χ3v) is 8.92. The van der Waals surface area contributed by atoms with Gasteiger partial charge in [-0.15, -0.1) is 0 Å². The van der Waals surface area contributed by atoms with Gasteiger partial charge >= 0.3 is 0 Å². The molecule has 0 saturated carbocycles. The number of hydrogen-bond donors (Lipinski definition) is 0. The third kappa shape index (κ3) is 2.90. The van der Waals surface area contributed by atoms with Crippen LogP contribution in [0.15, 0.2) is 140 Å². The van der Waals surface area contributed by atoms with Gasteiger partial charge in [0.05, 0.1) is 33.1 Å². The number of imidazole rings is 1. The van der Waals surface area contributed by atoms with Crippen LogP contribution in [0.3, 0.4) is 0 Å². The van der Waals surface area contributed by atoms with Gasteiger partial charge in [-0.3, -0.25) is 9.38 Å². The van der Waals surface area contributed by atoms with Crippen LogP contribution in [-0.4, -0.2) is 23.5 Å². The number of nitrogens with zero attached hydrogens (tertiary/aromatic N) is 5. The van der Waals surface area contributed by atoms with E-state index in [1.54, 1.807) is 0 Å². The monoisotopic (exact) mass is 549 g/mol. The van der Waals surface area contributed by atoms with E-state index >= 15 is 0 Å². The highest BCUT2D eigenvalue weighted by atomic mass is 15.0. The molecule has 10 rings (SSSR count). The minimum Gasteiger partial charge on any atom is -0.309 e. The summed E-state index contributed by atoms with van der Waals surface area (Å²) in [4.78, 5) is 9.77. The Bertz CT molecular complexity index is 2710. The molecule has 0 aliphatic carbocycles. The normalized spacial score (nSPS) is 12.2. The largest absolute Gasteiger partial charge is 0.309 e. The zero-order chi connectivity index (χ0) is 28.1. The topological polar surface area (TPSA) is 40.0 Å². The molecule has 0 radical (unpaired) electrons. The number of fused-ring (bicyclic) bond motifs is 14. The maximum Gasteiger partial charge on any atom is 0.145 e. The summed E-state index contributed by atoms with van der Waals surface area (Å²) in [7, 11) is 0. The fourth-order valence-electron chi connectivity index (χ4n) is 7.26. The lowest BCUT2D eigenvalue weighted by atomic mass is 10.0. The number of hydrogen-bond acceptors (Lipinski definition) is 2. The van der Waals surface area contributed by atoms with Crippen molar-refractivity contribution in [1.82, 2.24) is 23.5 Å². The molecule has 0 unspecified atom stereocenters. The summed E-state index contributed by atoms with van der Waals surface area (Å²) in [6, 6.07) is 43.4. The lowest BCUT2D eigenvalue weighted by Crippen LogP contribution is -1.95. The van der Waals surface area contributed by atoms with Gasteiger partial charge in [-0.05, 0) is 60.7 Å². The van der Waals surface area contributed by atoms with Crippen molar-refractivity contribution in [2.75, 3.05) is 0 Å². The predicted octanol–water partition coefficient (Wildman–Crippen LogP) is 9.23. The van der Waals surface area contributed by atoms with E-state index in [9.17, 15) is 0 Å². The molecule has 0 N–H and O–H groups in total. The van der Waals surface area contributed by atoms with E-state index in [4.69, 9.17) is 9.97 Å². The van der Waals surface area contributed by atoms with Crippen molar-refractivity contribution in [2.24, 2.45) is 0 Å². The number of benzene rings is 5. The van der Waals surface area contributed by atoms with Gasteiger partial charge in [-0.1, -0.05) is 60.7 Å². The van der Waals surface area contributed by atoms with E-state index in [0.717, 1.165) is 44.3 Å². The SMILES string of the molecule is c1ccc(-n2c3ccccc3c3c2ccc2c4c5c(ccc4n(-c4ccccc4)c23)c2nccn2c2cccnc52)cc1.